The molecular formula is C16H18N6OS. The van der Waals surface area contributed by atoms with Crippen LogP contribution >= 0.6 is 11.3 Å². The summed E-state index contributed by atoms with van der Waals surface area (Å²) >= 11 is 1.34. The van der Waals surface area contributed by atoms with Crippen molar-refractivity contribution in [1.82, 2.24) is 24.7 Å². The Bertz CT molecular complexity index is 839. The highest BCUT2D eigenvalue weighted by atomic mass is 32.1. The molecule has 0 bridgehead atoms. The number of anilines is 1. The fraction of sp³-hybridized carbons (Fsp3) is 0.312. The number of amides is 1. The van der Waals surface area contributed by atoms with Crippen molar-refractivity contribution in [2.45, 2.75) is 27.3 Å². The molecule has 3 aromatic heterocycles. The normalized spacial score (nSPS) is 11.0. The van der Waals surface area contributed by atoms with Gasteiger partial charge in [0.25, 0.3) is 5.91 Å². The summed E-state index contributed by atoms with van der Waals surface area (Å²) in [6, 6.07) is 1.74. The minimum absolute atomic E-state index is 0.262. The van der Waals surface area contributed by atoms with Gasteiger partial charge in [0.1, 0.15) is 11.5 Å². The summed E-state index contributed by atoms with van der Waals surface area (Å²) in [5.74, 6) is 1.39. The van der Waals surface area contributed by atoms with Crippen LogP contribution in [0.2, 0.25) is 0 Å². The van der Waals surface area contributed by atoms with Gasteiger partial charge in [-0.1, -0.05) is 13.8 Å². The Kier molecular flexibility index (Phi) is 4.66. The van der Waals surface area contributed by atoms with E-state index >= 15 is 0 Å². The van der Waals surface area contributed by atoms with Crippen molar-refractivity contribution in [3.05, 3.63) is 41.3 Å². The highest BCUT2D eigenvalue weighted by Gasteiger charge is 2.17. The van der Waals surface area contributed by atoms with Gasteiger partial charge in [-0.15, -0.1) is 11.3 Å². The van der Waals surface area contributed by atoms with E-state index in [1.165, 1.54) is 11.3 Å². The molecular weight excluding hydrogens is 324 g/mol. The van der Waals surface area contributed by atoms with Gasteiger partial charge in [-0.2, -0.15) is 5.10 Å². The second-order valence-corrected chi connectivity index (χ2v) is 6.67. The molecule has 24 heavy (non-hydrogen) atoms. The van der Waals surface area contributed by atoms with Gasteiger partial charge in [0.15, 0.2) is 10.8 Å². The minimum Gasteiger partial charge on any atom is -0.305 e. The first-order chi connectivity index (χ1) is 11.5. The van der Waals surface area contributed by atoms with Gasteiger partial charge in [-0.25, -0.2) is 19.6 Å². The highest BCUT2D eigenvalue weighted by Crippen LogP contribution is 2.21. The van der Waals surface area contributed by atoms with Crippen molar-refractivity contribution in [1.29, 1.82) is 0 Å². The molecule has 0 saturated carbocycles. The fourth-order valence-electron chi connectivity index (χ4n) is 2.19. The summed E-state index contributed by atoms with van der Waals surface area (Å²) in [7, 11) is 0. The van der Waals surface area contributed by atoms with Crippen LogP contribution in [0.3, 0.4) is 0 Å². The molecule has 8 heteroatoms. The lowest BCUT2D eigenvalue weighted by Crippen LogP contribution is -2.18. The molecule has 0 spiro atoms. The Hall–Kier alpha value is -2.61. The van der Waals surface area contributed by atoms with Crippen LogP contribution in [0, 0.1) is 12.8 Å². The van der Waals surface area contributed by atoms with E-state index in [4.69, 9.17) is 0 Å². The van der Waals surface area contributed by atoms with E-state index in [0.717, 1.165) is 12.1 Å². The third-order valence-corrected chi connectivity index (χ3v) is 4.12. The van der Waals surface area contributed by atoms with Crippen LogP contribution in [-0.2, 0) is 6.54 Å². The maximum Gasteiger partial charge on any atom is 0.276 e. The van der Waals surface area contributed by atoms with Gasteiger partial charge < -0.3 is 5.32 Å². The lowest BCUT2D eigenvalue weighted by Gasteiger charge is -2.11. The number of thiazole rings is 1. The number of aromatic nitrogens is 5. The molecule has 0 atom stereocenters. The second kappa shape index (κ2) is 6.88. The first kappa shape index (κ1) is 16.3. The summed E-state index contributed by atoms with van der Waals surface area (Å²) in [6.45, 7) is 6.87. The predicted octanol–water partition coefficient (Wildman–Crippen LogP) is 3.01. The van der Waals surface area contributed by atoms with E-state index in [1.807, 2.05) is 11.6 Å². The molecule has 0 aliphatic carbocycles. The maximum absolute atomic E-state index is 12.5. The van der Waals surface area contributed by atoms with E-state index in [1.54, 1.807) is 30.0 Å². The molecule has 1 amide bonds. The molecule has 3 rings (SSSR count). The zero-order valence-electron chi connectivity index (χ0n) is 13.7. The van der Waals surface area contributed by atoms with Gasteiger partial charge in [-0.05, 0) is 18.9 Å². The molecule has 1 N–H and O–H groups in total. The minimum atomic E-state index is -0.262. The van der Waals surface area contributed by atoms with Crippen LogP contribution in [0.5, 0.6) is 0 Å². The first-order valence-corrected chi connectivity index (χ1v) is 8.49. The molecule has 0 fully saturated rings. The molecule has 7 nitrogen and oxygen atoms in total. The number of carbonyl (C=O) groups is 1. The van der Waals surface area contributed by atoms with Gasteiger partial charge >= 0.3 is 0 Å². The zero-order valence-corrected chi connectivity index (χ0v) is 14.5. The average molecular weight is 342 g/mol. The Morgan fingerprint density at radius 1 is 1.33 bits per heavy atom. The fourth-order valence-corrected chi connectivity index (χ4v) is 2.93. The van der Waals surface area contributed by atoms with Gasteiger partial charge in [0, 0.05) is 29.9 Å². The summed E-state index contributed by atoms with van der Waals surface area (Å²) in [4.78, 5) is 25.1. The largest absolute Gasteiger partial charge is 0.305 e. The van der Waals surface area contributed by atoms with Gasteiger partial charge in [-0.3, -0.25) is 4.79 Å². The number of rotatable bonds is 5. The Morgan fingerprint density at radius 3 is 2.79 bits per heavy atom. The Labute approximate surface area is 143 Å². The smallest absolute Gasteiger partial charge is 0.276 e. The van der Waals surface area contributed by atoms with Crippen LogP contribution in [0.1, 0.15) is 29.9 Å². The number of nitrogens with zero attached hydrogens (tertiary/aromatic N) is 5. The van der Waals surface area contributed by atoms with Crippen molar-refractivity contribution in [2.24, 2.45) is 5.92 Å². The number of hydrogen-bond acceptors (Lipinski definition) is 6. The zero-order chi connectivity index (χ0) is 17.1. The van der Waals surface area contributed by atoms with Crippen molar-refractivity contribution in [3.63, 3.8) is 0 Å². The first-order valence-electron chi connectivity index (χ1n) is 7.61. The summed E-state index contributed by atoms with van der Waals surface area (Å²) < 4.78 is 1.81. The second-order valence-electron chi connectivity index (χ2n) is 5.82. The lowest BCUT2D eigenvalue weighted by molar-refractivity contribution is 0.102. The topological polar surface area (TPSA) is 85.6 Å². The van der Waals surface area contributed by atoms with Crippen molar-refractivity contribution < 1.29 is 4.79 Å². The van der Waals surface area contributed by atoms with Gasteiger partial charge in [0.2, 0.25) is 0 Å². The summed E-state index contributed by atoms with van der Waals surface area (Å²) in [5, 5.41) is 9.56. The quantitative estimate of drug-likeness (QED) is 0.770. The van der Waals surface area contributed by atoms with E-state index in [2.05, 4.69) is 39.2 Å². The molecule has 0 aromatic carbocycles. The monoisotopic (exact) mass is 342 g/mol. The van der Waals surface area contributed by atoms with Crippen LogP contribution in [0.25, 0.3) is 10.8 Å². The highest BCUT2D eigenvalue weighted by molar-refractivity contribution is 7.13. The number of hydrogen-bond donors (Lipinski definition) is 1. The van der Waals surface area contributed by atoms with Crippen LogP contribution < -0.4 is 5.32 Å². The van der Waals surface area contributed by atoms with Gasteiger partial charge in [0.05, 0.1) is 6.20 Å². The van der Waals surface area contributed by atoms with Crippen LogP contribution in [-0.4, -0.2) is 30.6 Å². The predicted molar refractivity (Wildman–Crippen MR) is 92.9 cm³/mol. The summed E-state index contributed by atoms with van der Waals surface area (Å²) in [6.07, 6.45) is 5.05. The number of aryl methyl sites for hydroxylation is 1. The summed E-state index contributed by atoms with van der Waals surface area (Å²) in [5.41, 5.74) is 1.27. The maximum atomic E-state index is 12.5. The Balaban J connectivity index is 1.79. The van der Waals surface area contributed by atoms with Crippen LogP contribution in [0.15, 0.2) is 30.0 Å². The Morgan fingerprint density at radius 2 is 2.08 bits per heavy atom. The molecule has 0 aliphatic heterocycles. The third kappa shape index (κ3) is 3.48. The van der Waals surface area contributed by atoms with Crippen molar-refractivity contribution in [3.8, 4) is 10.8 Å². The number of carbonyl (C=O) groups excluding carboxylic acids is 1. The third-order valence-electron chi connectivity index (χ3n) is 3.29. The standard InChI is InChI=1S/C16H18N6OS/c1-10(2)8-22-14(11(3)7-19-22)21-15(23)12-9-24-16(20-12)13-17-5-4-6-18-13/h4-7,9-10H,8H2,1-3H3,(H,21,23). The SMILES string of the molecule is Cc1cnn(CC(C)C)c1NC(=O)c1csc(-c2ncccn2)n1. The van der Waals surface area contributed by atoms with Crippen LogP contribution in [0.4, 0.5) is 5.82 Å². The molecule has 3 heterocycles. The van der Waals surface area contributed by atoms with E-state index in [0.29, 0.717) is 28.3 Å². The lowest BCUT2D eigenvalue weighted by atomic mass is 10.2. The molecule has 0 unspecified atom stereocenters. The van der Waals surface area contributed by atoms with E-state index in [-0.39, 0.29) is 5.91 Å². The van der Waals surface area contributed by atoms with E-state index in [9.17, 15) is 4.79 Å². The molecule has 0 radical (unpaired) electrons. The molecule has 0 saturated heterocycles. The van der Waals surface area contributed by atoms with E-state index < -0.39 is 0 Å². The van der Waals surface area contributed by atoms with Crippen molar-refractivity contribution >= 4 is 23.1 Å². The average Bonchev–Trinajstić information content (AvgIpc) is 3.18. The molecule has 0 aliphatic rings. The number of nitrogens with one attached hydrogen (secondary N) is 1. The molecule has 124 valence electrons. The van der Waals surface area contributed by atoms with Crippen molar-refractivity contribution in [2.75, 3.05) is 5.32 Å². The molecule has 3 aromatic rings.